The van der Waals surface area contributed by atoms with E-state index in [2.05, 4.69) is 159 Å². The molecule has 3 heterocycles. The van der Waals surface area contributed by atoms with Crippen molar-refractivity contribution < 1.29 is 0 Å². The Morgan fingerprint density at radius 1 is 0.364 bits per heavy atom. The highest BCUT2D eigenvalue weighted by Crippen LogP contribution is 2.40. The zero-order chi connectivity index (χ0) is 36.6. The molecule has 0 aliphatic heterocycles. The zero-order valence-electron chi connectivity index (χ0n) is 29.5. The van der Waals surface area contributed by atoms with Gasteiger partial charge >= 0.3 is 0 Å². The highest BCUT2D eigenvalue weighted by Gasteiger charge is 2.20. The predicted octanol–water partition coefficient (Wildman–Crippen LogP) is 12.4. The van der Waals surface area contributed by atoms with Crippen LogP contribution in [0.25, 0.3) is 93.6 Å². The molecule has 0 saturated heterocycles. The molecule has 0 atom stereocenters. The van der Waals surface area contributed by atoms with Crippen molar-refractivity contribution in [2.24, 2.45) is 0 Å². The van der Waals surface area contributed by atoms with E-state index in [1.165, 1.54) is 32.6 Å². The molecule has 5 heteroatoms. The first-order valence-electron chi connectivity index (χ1n) is 18.3. The Labute approximate surface area is 316 Å². The van der Waals surface area contributed by atoms with Crippen LogP contribution in [0.5, 0.6) is 0 Å². The quantitative estimate of drug-likeness (QED) is 0.184. The largest absolute Gasteiger partial charge is 0.309 e. The lowest BCUT2D eigenvalue weighted by Gasteiger charge is -2.15. The molecule has 0 bridgehead atoms. The third-order valence-electron chi connectivity index (χ3n) is 11.1. The molecule has 0 spiro atoms. The maximum Gasteiger partial charge on any atom is 0.0998 e. The van der Waals surface area contributed by atoms with Crippen LogP contribution >= 0.6 is 0 Å². The number of rotatable bonds is 4. The second-order valence-electron chi connectivity index (χ2n) is 14.0. The van der Waals surface area contributed by atoms with E-state index >= 15 is 0 Å². The fraction of sp³-hybridized carbons (Fsp3) is 0. The van der Waals surface area contributed by atoms with Crippen LogP contribution in [0.2, 0.25) is 0 Å². The van der Waals surface area contributed by atoms with Gasteiger partial charge in [0.05, 0.1) is 62.1 Å². The van der Waals surface area contributed by atoms with Gasteiger partial charge in [0.25, 0.3) is 0 Å². The molecule has 11 aromatic rings. The molecular formula is C50H29N5. The fourth-order valence-corrected chi connectivity index (χ4v) is 8.75. The van der Waals surface area contributed by atoms with Crippen LogP contribution in [-0.4, -0.2) is 13.7 Å². The van der Waals surface area contributed by atoms with Gasteiger partial charge in [0.15, 0.2) is 0 Å². The molecule has 0 fully saturated rings. The van der Waals surface area contributed by atoms with Gasteiger partial charge in [-0.2, -0.15) is 10.5 Å². The average molecular weight is 700 g/mol. The van der Waals surface area contributed by atoms with Crippen LogP contribution in [0.15, 0.2) is 176 Å². The summed E-state index contributed by atoms with van der Waals surface area (Å²) in [5, 5.41) is 26.9. The van der Waals surface area contributed by atoms with Gasteiger partial charge in [0.2, 0.25) is 0 Å². The Hall–Kier alpha value is -7.86. The van der Waals surface area contributed by atoms with Gasteiger partial charge in [0.1, 0.15) is 0 Å². The van der Waals surface area contributed by atoms with E-state index in [9.17, 15) is 10.5 Å². The van der Waals surface area contributed by atoms with Crippen LogP contribution in [0.3, 0.4) is 0 Å². The smallest absolute Gasteiger partial charge is 0.0998 e. The summed E-state index contributed by atoms with van der Waals surface area (Å²) in [6.45, 7) is 0. The van der Waals surface area contributed by atoms with Crippen molar-refractivity contribution in [3.05, 3.63) is 187 Å². The van der Waals surface area contributed by atoms with Crippen molar-refractivity contribution >= 4 is 65.4 Å². The van der Waals surface area contributed by atoms with Crippen LogP contribution < -0.4 is 0 Å². The van der Waals surface area contributed by atoms with Gasteiger partial charge in [-0.05, 0) is 84.4 Å². The molecule has 0 amide bonds. The van der Waals surface area contributed by atoms with E-state index in [1.54, 1.807) is 0 Å². The number of aromatic nitrogens is 3. The summed E-state index contributed by atoms with van der Waals surface area (Å²) in [5.74, 6) is 0. The molecule has 11 rings (SSSR count). The molecule has 5 nitrogen and oxygen atoms in total. The highest BCUT2D eigenvalue weighted by atomic mass is 15.1. The number of nitrogens with zero attached hydrogens (tertiary/aromatic N) is 5. The van der Waals surface area contributed by atoms with Gasteiger partial charge in [-0.25, -0.2) is 0 Å². The molecular weight excluding hydrogens is 671 g/mol. The van der Waals surface area contributed by atoms with Gasteiger partial charge < -0.3 is 13.7 Å². The summed E-state index contributed by atoms with van der Waals surface area (Å²) in [7, 11) is 0. The molecule has 3 aromatic heterocycles. The molecule has 0 aliphatic carbocycles. The fourth-order valence-electron chi connectivity index (χ4n) is 8.75. The third kappa shape index (κ3) is 4.45. The minimum absolute atomic E-state index is 0.606. The molecule has 55 heavy (non-hydrogen) atoms. The SMILES string of the molecule is N#Cc1ccc2c(c1)c1ccccc1n2-c1ccc(C#N)c(-c2ccc(-n3c4ccccc4c4cccc(-n5c6ccccc6c6ccccc65)c43)cc2)c1. The molecule has 0 N–H and O–H groups in total. The van der Waals surface area contributed by atoms with E-state index in [-0.39, 0.29) is 0 Å². The average Bonchev–Trinajstić information content (AvgIpc) is 3.89. The number of nitriles is 2. The van der Waals surface area contributed by atoms with E-state index < -0.39 is 0 Å². The standard InChI is InChI=1S/C50H29N5/c51-30-32-20-27-48-43(28-32)40-13-4-5-15-44(40)53(48)36-26-23-34(31-52)42(29-36)33-21-24-35(25-22-33)54-45-16-6-3-12-39(45)41-14-9-19-49(50(41)54)55-46-17-7-1-10-37(46)38-11-2-8-18-47(38)55/h1-29H. The molecule has 0 saturated carbocycles. The normalized spacial score (nSPS) is 11.6. The summed E-state index contributed by atoms with van der Waals surface area (Å²) >= 11 is 0. The summed E-state index contributed by atoms with van der Waals surface area (Å²) in [4.78, 5) is 0. The lowest BCUT2D eigenvalue weighted by atomic mass is 9.99. The zero-order valence-corrected chi connectivity index (χ0v) is 29.5. The molecule has 0 aliphatic rings. The first kappa shape index (κ1) is 30.7. The lowest BCUT2D eigenvalue weighted by molar-refractivity contribution is 1.13. The van der Waals surface area contributed by atoms with Crippen molar-refractivity contribution in [1.82, 2.24) is 13.7 Å². The topological polar surface area (TPSA) is 62.4 Å². The van der Waals surface area contributed by atoms with Crippen LogP contribution in [-0.2, 0) is 0 Å². The Kier molecular flexibility index (Phi) is 6.61. The minimum atomic E-state index is 0.606. The Morgan fingerprint density at radius 3 is 1.53 bits per heavy atom. The second kappa shape index (κ2) is 11.8. The summed E-state index contributed by atoms with van der Waals surface area (Å²) in [5.41, 5.74) is 12.8. The van der Waals surface area contributed by atoms with E-state index in [4.69, 9.17) is 0 Å². The molecule has 0 unspecified atom stereocenters. The molecule has 8 aromatic carbocycles. The summed E-state index contributed by atoms with van der Waals surface area (Å²) in [6.07, 6.45) is 0. The lowest BCUT2D eigenvalue weighted by Crippen LogP contribution is -2.00. The number of para-hydroxylation sites is 5. The maximum absolute atomic E-state index is 10.3. The van der Waals surface area contributed by atoms with Gasteiger partial charge in [0, 0.05) is 49.3 Å². The van der Waals surface area contributed by atoms with Crippen molar-refractivity contribution in [2.45, 2.75) is 0 Å². The minimum Gasteiger partial charge on any atom is -0.309 e. The number of benzene rings is 8. The summed E-state index contributed by atoms with van der Waals surface area (Å²) < 4.78 is 7.00. The number of hydrogen-bond donors (Lipinski definition) is 0. The van der Waals surface area contributed by atoms with Gasteiger partial charge in [-0.15, -0.1) is 0 Å². The van der Waals surface area contributed by atoms with E-state index in [0.29, 0.717) is 11.1 Å². The van der Waals surface area contributed by atoms with Crippen molar-refractivity contribution in [3.8, 4) is 40.3 Å². The van der Waals surface area contributed by atoms with E-state index in [1.807, 2.05) is 42.5 Å². The monoisotopic (exact) mass is 699 g/mol. The van der Waals surface area contributed by atoms with Crippen molar-refractivity contribution in [3.63, 3.8) is 0 Å². The Balaban J connectivity index is 1.11. The predicted molar refractivity (Wildman–Crippen MR) is 224 cm³/mol. The van der Waals surface area contributed by atoms with Crippen LogP contribution in [0, 0.1) is 22.7 Å². The maximum atomic E-state index is 10.3. The summed E-state index contributed by atoms with van der Waals surface area (Å²) in [6, 6.07) is 66.0. The molecule has 0 radical (unpaired) electrons. The van der Waals surface area contributed by atoms with Crippen LogP contribution in [0.1, 0.15) is 11.1 Å². The highest BCUT2D eigenvalue weighted by molar-refractivity contribution is 6.15. The number of fused-ring (bicyclic) bond motifs is 9. The molecule has 254 valence electrons. The van der Waals surface area contributed by atoms with E-state index in [0.717, 1.165) is 61.0 Å². The van der Waals surface area contributed by atoms with Gasteiger partial charge in [-0.3, -0.25) is 0 Å². The first-order chi connectivity index (χ1) is 27.2. The first-order valence-corrected chi connectivity index (χ1v) is 18.3. The third-order valence-corrected chi connectivity index (χ3v) is 11.1. The van der Waals surface area contributed by atoms with Gasteiger partial charge in [-0.1, -0.05) is 97.1 Å². The Bertz CT molecular complexity index is 3400. The van der Waals surface area contributed by atoms with Crippen molar-refractivity contribution in [2.75, 3.05) is 0 Å². The van der Waals surface area contributed by atoms with Crippen molar-refractivity contribution in [1.29, 1.82) is 10.5 Å². The number of hydrogen-bond acceptors (Lipinski definition) is 2. The van der Waals surface area contributed by atoms with Crippen LogP contribution in [0.4, 0.5) is 0 Å². The second-order valence-corrected chi connectivity index (χ2v) is 14.0. The Morgan fingerprint density at radius 2 is 0.891 bits per heavy atom.